The lowest BCUT2D eigenvalue weighted by Crippen LogP contribution is -2.23. The van der Waals surface area contributed by atoms with Gasteiger partial charge in [0.05, 0.1) is 11.4 Å². The number of rotatable bonds is 5. The van der Waals surface area contributed by atoms with E-state index < -0.39 is 15.8 Å². The lowest BCUT2D eigenvalue weighted by atomic mass is 10.1. The summed E-state index contributed by atoms with van der Waals surface area (Å²) in [5.41, 5.74) is 2.09. The molecule has 0 saturated heterocycles. The predicted octanol–water partition coefficient (Wildman–Crippen LogP) is 2.97. The van der Waals surface area contributed by atoms with Gasteiger partial charge in [-0.3, -0.25) is 0 Å². The molecule has 0 aliphatic heterocycles. The van der Waals surface area contributed by atoms with E-state index in [2.05, 4.69) is 14.9 Å². The molecule has 0 radical (unpaired) electrons. The number of hydrogen-bond donors (Lipinski definition) is 1. The summed E-state index contributed by atoms with van der Waals surface area (Å²) >= 11 is 0. The first-order valence-electron chi connectivity index (χ1n) is 7.50. The highest BCUT2D eigenvalue weighted by molar-refractivity contribution is 7.89. The second-order valence-electron chi connectivity index (χ2n) is 5.62. The molecule has 0 bridgehead atoms. The van der Waals surface area contributed by atoms with Crippen LogP contribution in [0.3, 0.4) is 0 Å². The number of aryl methyl sites for hydroxylation is 2. The molecule has 0 amide bonds. The number of aromatic nitrogens is 2. The molecule has 8 heteroatoms. The fraction of sp³-hybridized carbons (Fsp3) is 0.176. The molecular formula is C17H16FN3O3S. The minimum Gasteiger partial charge on any atom is -0.338 e. The summed E-state index contributed by atoms with van der Waals surface area (Å²) in [7, 11) is -3.80. The van der Waals surface area contributed by atoms with Crippen LogP contribution in [0.25, 0.3) is 11.4 Å². The number of nitrogens with zero attached hydrogens (tertiary/aromatic N) is 2. The van der Waals surface area contributed by atoms with Crippen LogP contribution in [0.1, 0.15) is 17.0 Å². The van der Waals surface area contributed by atoms with Crippen molar-refractivity contribution in [3.8, 4) is 11.4 Å². The number of hydrogen-bond acceptors (Lipinski definition) is 5. The van der Waals surface area contributed by atoms with E-state index in [9.17, 15) is 12.8 Å². The standard InChI is InChI=1S/C17H16FN3O3S/c1-11-4-3-5-13(8-11)17-20-16(24-21-17)10-19-25(22,23)14-6-7-15(18)12(2)9-14/h3-9,19H,10H2,1-2H3. The van der Waals surface area contributed by atoms with Gasteiger partial charge in [0, 0.05) is 5.56 Å². The van der Waals surface area contributed by atoms with E-state index >= 15 is 0 Å². The van der Waals surface area contributed by atoms with Crippen LogP contribution in [0.2, 0.25) is 0 Å². The highest BCUT2D eigenvalue weighted by Gasteiger charge is 2.17. The largest absolute Gasteiger partial charge is 0.338 e. The Morgan fingerprint density at radius 2 is 1.96 bits per heavy atom. The minimum absolute atomic E-state index is 0.0233. The number of benzene rings is 2. The molecule has 130 valence electrons. The van der Waals surface area contributed by atoms with Gasteiger partial charge in [0.2, 0.25) is 21.7 Å². The normalized spacial score (nSPS) is 11.6. The summed E-state index contributed by atoms with van der Waals surface area (Å²) < 4.78 is 45.3. The van der Waals surface area contributed by atoms with E-state index in [1.54, 1.807) is 0 Å². The summed E-state index contributed by atoms with van der Waals surface area (Å²) in [6.07, 6.45) is 0. The van der Waals surface area contributed by atoms with Crippen LogP contribution in [0, 0.1) is 19.7 Å². The van der Waals surface area contributed by atoms with Gasteiger partial charge in [-0.25, -0.2) is 17.5 Å². The van der Waals surface area contributed by atoms with Crippen molar-refractivity contribution in [1.82, 2.24) is 14.9 Å². The zero-order valence-electron chi connectivity index (χ0n) is 13.7. The fourth-order valence-corrected chi connectivity index (χ4v) is 3.31. The van der Waals surface area contributed by atoms with Gasteiger partial charge in [-0.15, -0.1) is 0 Å². The van der Waals surface area contributed by atoms with Gasteiger partial charge < -0.3 is 4.52 Å². The monoisotopic (exact) mass is 361 g/mol. The van der Waals surface area contributed by atoms with Crippen molar-refractivity contribution in [3.05, 3.63) is 65.3 Å². The van der Waals surface area contributed by atoms with Crippen molar-refractivity contribution in [2.75, 3.05) is 0 Å². The molecule has 0 aliphatic carbocycles. The topological polar surface area (TPSA) is 85.1 Å². The van der Waals surface area contributed by atoms with Crippen molar-refractivity contribution < 1.29 is 17.3 Å². The van der Waals surface area contributed by atoms with Crippen molar-refractivity contribution in [1.29, 1.82) is 0 Å². The van der Waals surface area contributed by atoms with E-state index in [1.807, 2.05) is 31.2 Å². The van der Waals surface area contributed by atoms with Gasteiger partial charge in [-0.2, -0.15) is 4.98 Å². The molecule has 0 fully saturated rings. The highest BCUT2D eigenvalue weighted by Crippen LogP contribution is 2.18. The van der Waals surface area contributed by atoms with E-state index in [1.165, 1.54) is 19.1 Å². The Bertz CT molecular complexity index is 1020. The van der Waals surface area contributed by atoms with Crippen LogP contribution < -0.4 is 4.72 Å². The zero-order chi connectivity index (χ0) is 18.0. The molecule has 0 unspecified atom stereocenters. The average Bonchev–Trinajstić information content (AvgIpc) is 3.05. The second-order valence-corrected chi connectivity index (χ2v) is 7.38. The van der Waals surface area contributed by atoms with Crippen molar-refractivity contribution in [3.63, 3.8) is 0 Å². The third-order valence-electron chi connectivity index (χ3n) is 3.60. The molecule has 3 aromatic rings. The highest BCUT2D eigenvalue weighted by atomic mass is 32.2. The maximum atomic E-state index is 13.3. The molecule has 6 nitrogen and oxygen atoms in total. The minimum atomic E-state index is -3.80. The van der Waals surface area contributed by atoms with Crippen LogP contribution in [-0.4, -0.2) is 18.6 Å². The zero-order valence-corrected chi connectivity index (χ0v) is 14.5. The molecule has 0 spiro atoms. The Morgan fingerprint density at radius 3 is 2.68 bits per heavy atom. The van der Waals surface area contributed by atoms with E-state index in [0.29, 0.717) is 5.82 Å². The van der Waals surface area contributed by atoms with Crippen LogP contribution in [0.4, 0.5) is 4.39 Å². The molecule has 0 saturated carbocycles. The maximum absolute atomic E-state index is 13.3. The first-order valence-corrected chi connectivity index (χ1v) is 8.99. The number of sulfonamides is 1. The SMILES string of the molecule is Cc1cccc(-c2noc(CNS(=O)(=O)c3ccc(F)c(C)c3)n2)c1. The average molecular weight is 361 g/mol. The summed E-state index contributed by atoms with van der Waals surface area (Å²) in [5, 5.41) is 3.86. The summed E-state index contributed by atoms with van der Waals surface area (Å²) in [6.45, 7) is 3.29. The first kappa shape index (κ1) is 17.2. The number of nitrogens with one attached hydrogen (secondary N) is 1. The Kier molecular flexibility index (Phi) is 4.65. The first-order chi connectivity index (χ1) is 11.8. The third kappa shape index (κ3) is 3.92. The molecular weight excluding hydrogens is 345 g/mol. The molecule has 0 atom stereocenters. The Labute approximate surface area is 144 Å². The van der Waals surface area contributed by atoms with Crippen molar-refractivity contribution in [2.45, 2.75) is 25.3 Å². The van der Waals surface area contributed by atoms with Crippen molar-refractivity contribution >= 4 is 10.0 Å². The Hall–Kier alpha value is -2.58. The molecule has 0 aliphatic rings. The van der Waals surface area contributed by atoms with Gasteiger partial charge in [0.1, 0.15) is 5.82 Å². The van der Waals surface area contributed by atoms with Crippen LogP contribution in [0.5, 0.6) is 0 Å². The molecule has 2 aromatic carbocycles. The van der Waals surface area contributed by atoms with Gasteiger partial charge >= 0.3 is 0 Å². The Balaban J connectivity index is 1.74. The molecule has 3 rings (SSSR count). The lowest BCUT2D eigenvalue weighted by molar-refractivity contribution is 0.376. The Morgan fingerprint density at radius 1 is 1.16 bits per heavy atom. The predicted molar refractivity (Wildman–Crippen MR) is 89.6 cm³/mol. The van der Waals surface area contributed by atoms with E-state index in [-0.39, 0.29) is 22.9 Å². The van der Waals surface area contributed by atoms with Gasteiger partial charge in [-0.1, -0.05) is 28.9 Å². The third-order valence-corrected chi connectivity index (χ3v) is 5.00. The van der Waals surface area contributed by atoms with Crippen LogP contribution in [-0.2, 0) is 16.6 Å². The fourth-order valence-electron chi connectivity index (χ4n) is 2.25. The van der Waals surface area contributed by atoms with Gasteiger partial charge in [0.25, 0.3) is 0 Å². The van der Waals surface area contributed by atoms with Crippen LogP contribution in [0.15, 0.2) is 51.9 Å². The summed E-state index contributed by atoms with van der Waals surface area (Å²) in [4.78, 5) is 4.16. The van der Waals surface area contributed by atoms with E-state index in [0.717, 1.165) is 17.2 Å². The van der Waals surface area contributed by atoms with Gasteiger partial charge in [-0.05, 0) is 43.7 Å². The summed E-state index contributed by atoms with van der Waals surface area (Å²) in [5.74, 6) is 0.0630. The van der Waals surface area contributed by atoms with Crippen molar-refractivity contribution in [2.24, 2.45) is 0 Å². The quantitative estimate of drug-likeness (QED) is 0.755. The molecule has 25 heavy (non-hydrogen) atoms. The maximum Gasteiger partial charge on any atom is 0.242 e. The van der Waals surface area contributed by atoms with Crippen LogP contribution >= 0.6 is 0 Å². The molecule has 1 heterocycles. The summed E-state index contributed by atoms with van der Waals surface area (Å²) in [6, 6.07) is 11.2. The number of halogens is 1. The second kappa shape index (κ2) is 6.73. The molecule has 1 aromatic heterocycles. The van der Waals surface area contributed by atoms with Gasteiger partial charge in [0.15, 0.2) is 0 Å². The molecule has 1 N–H and O–H groups in total. The smallest absolute Gasteiger partial charge is 0.242 e. The van der Waals surface area contributed by atoms with E-state index in [4.69, 9.17) is 4.52 Å². The lowest BCUT2D eigenvalue weighted by Gasteiger charge is -2.05.